The van der Waals surface area contributed by atoms with Crippen molar-refractivity contribution in [2.75, 3.05) is 13.7 Å². The molecule has 20 heavy (non-hydrogen) atoms. The molecule has 0 N–H and O–H groups in total. The Bertz CT molecular complexity index is 442. The number of hydrogen-bond donors (Lipinski definition) is 0. The van der Waals surface area contributed by atoms with Gasteiger partial charge in [-0.05, 0) is 43.5 Å². The highest BCUT2D eigenvalue weighted by Crippen LogP contribution is 2.36. The van der Waals surface area contributed by atoms with E-state index in [0.717, 1.165) is 25.1 Å². The summed E-state index contributed by atoms with van der Waals surface area (Å²) in [6, 6.07) is 0.434. The fourth-order valence-corrected chi connectivity index (χ4v) is 2.71. The molecule has 0 saturated carbocycles. The molecular formula is C15H28N2O2Si. The topological polar surface area (TPSA) is 44.2 Å². The van der Waals surface area contributed by atoms with Gasteiger partial charge in [-0.15, -0.1) is 0 Å². The zero-order chi connectivity index (χ0) is 15.4. The maximum absolute atomic E-state index is 6.17. The van der Waals surface area contributed by atoms with Gasteiger partial charge in [0.25, 0.3) is 0 Å². The van der Waals surface area contributed by atoms with Crippen molar-refractivity contribution in [3.8, 4) is 6.01 Å². The van der Waals surface area contributed by atoms with Crippen LogP contribution in [0.5, 0.6) is 6.01 Å². The van der Waals surface area contributed by atoms with E-state index in [9.17, 15) is 0 Å². The van der Waals surface area contributed by atoms with Crippen LogP contribution in [-0.2, 0) is 10.8 Å². The molecule has 114 valence electrons. The Kier molecular flexibility index (Phi) is 5.71. The van der Waals surface area contributed by atoms with Crippen molar-refractivity contribution in [2.24, 2.45) is 0 Å². The highest BCUT2D eigenvalue weighted by atomic mass is 28.4. The molecule has 0 saturated heterocycles. The Labute approximate surface area is 124 Å². The van der Waals surface area contributed by atoms with Crippen LogP contribution in [0.4, 0.5) is 0 Å². The quantitative estimate of drug-likeness (QED) is 0.592. The molecule has 4 nitrogen and oxygen atoms in total. The normalized spacial score (nSPS) is 12.6. The molecule has 0 aromatic carbocycles. The van der Waals surface area contributed by atoms with Crippen LogP contribution in [-0.4, -0.2) is 32.0 Å². The third-order valence-corrected chi connectivity index (χ3v) is 8.64. The molecule has 1 rings (SSSR count). The minimum atomic E-state index is -1.62. The molecule has 0 fully saturated rings. The molecule has 0 spiro atoms. The smallest absolute Gasteiger partial charge is 0.316 e. The maximum atomic E-state index is 6.17. The molecule has 1 aromatic heterocycles. The van der Waals surface area contributed by atoms with Crippen LogP contribution in [0.25, 0.3) is 0 Å². The Morgan fingerprint density at radius 1 is 1.25 bits per heavy atom. The van der Waals surface area contributed by atoms with Crippen LogP contribution in [0.3, 0.4) is 0 Å². The van der Waals surface area contributed by atoms with Crippen molar-refractivity contribution < 1.29 is 9.16 Å². The number of aryl methyl sites for hydroxylation is 2. The van der Waals surface area contributed by atoms with Gasteiger partial charge >= 0.3 is 6.01 Å². The molecular weight excluding hydrogens is 268 g/mol. The van der Waals surface area contributed by atoms with E-state index >= 15 is 0 Å². The Hall–Kier alpha value is -0.943. The van der Waals surface area contributed by atoms with Crippen LogP contribution in [0.2, 0.25) is 18.1 Å². The van der Waals surface area contributed by atoms with Crippen molar-refractivity contribution >= 4 is 8.32 Å². The number of methoxy groups -OCH3 is 1. The summed E-state index contributed by atoms with van der Waals surface area (Å²) in [7, 11) is -0.0378. The third-order valence-electron chi connectivity index (χ3n) is 4.10. The number of aromatic nitrogens is 2. The van der Waals surface area contributed by atoms with Gasteiger partial charge in [0.05, 0.1) is 7.11 Å². The van der Waals surface area contributed by atoms with Crippen LogP contribution in [0.1, 0.15) is 38.4 Å². The highest BCUT2D eigenvalue weighted by Gasteiger charge is 2.36. The monoisotopic (exact) mass is 296 g/mol. The van der Waals surface area contributed by atoms with Gasteiger partial charge in [0, 0.05) is 18.5 Å². The molecule has 1 heterocycles. The van der Waals surface area contributed by atoms with Crippen LogP contribution in [0, 0.1) is 6.92 Å². The molecule has 0 amide bonds. The van der Waals surface area contributed by atoms with Crippen LogP contribution < -0.4 is 4.74 Å². The second kappa shape index (κ2) is 6.67. The van der Waals surface area contributed by atoms with Crippen molar-refractivity contribution in [2.45, 2.75) is 58.7 Å². The van der Waals surface area contributed by atoms with E-state index < -0.39 is 8.32 Å². The maximum Gasteiger partial charge on any atom is 0.316 e. The molecule has 0 unspecified atom stereocenters. The largest absolute Gasteiger partial charge is 0.467 e. The van der Waals surface area contributed by atoms with Gasteiger partial charge < -0.3 is 9.16 Å². The fraction of sp³-hybridized carbons (Fsp3) is 0.733. The van der Waals surface area contributed by atoms with Crippen molar-refractivity contribution in [1.82, 2.24) is 9.97 Å². The molecule has 0 aliphatic carbocycles. The summed E-state index contributed by atoms with van der Waals surface area (Å²) in [6.07, 6.45) is 3.81. The second-order valence-electron chi connectivity index (χ2n) is 6.68. The molecule has 1 aromatic rings. The standard InChI is InChI=1S/C15H28N2O2Si/c1-12-13(11-16-14(17-12)18-5)9-8-10-19-20(6,7)15(2,3)4/h11H,8-10H2,1-7H3. The highest BCUT2D eigenvalue weighted by molar-refractivity contribution is 6.74. The lowest BCUT2D eigenvalue weighted by atomic mass is 10.1. The van der Waals surface area contributed by atoms with Gasteiger partial charge in [-0.2, -0.15) is 0 Å². The van der Waals surface area contributed by atoms with E-state index in [1.54, 1.807) is 7.11 Å². The summed E-state index contributed by atoms with van der Waals surface area (Å²) in [5.41, 5.74) is 2.16. The average Bonchev–Trinajstić information content (AvgIpc) is 2.34. The van der Waals surface area contributed by atoms with Gasteiger partial charge in [0.1, 0.15) is 0 Å². The van der Waals surface area contributed by atoms with E-state index in [4.69, 9.17) is 9.16 Å². The van der Waals surface area contributed by atoms with E-state index in [0.29, 0.717) is 6.01 Å². The van der Waals surface area contributed by atoms with Crippen molar-refractivity contribution in [1.29, 1.82) is 0 Å². The van der Waals surface area contributed by atoms with Gasteiger partial charge in [-0.3, -0.25) is 0 Å². The lowest BCUT2D eigenvalue weighted by Gasteiger charge is -2.36. The summed E-state index contributed by atoms with van der Waals surface area (Å²) in [5.74, 6) is 0. The number of rotatable bonds is 6. The van der Waals surface area contributed by atoms with E-state index in [1.165, 1.54) is 5.56 Å². The number of nitrogens with zero attached hydrogens (tertiary/aromatic N) is 2. The SMILES string of the molecule is COc1ncc(CCCO[Si](C)(C)C(C)(C)C)c(C)n1. The Balaban J connectivity index is 2.46. The van der Waals surface area contributed by atoms with E-state index in [2.05, 4.69) is 43.8 Å². The molecule has 0 bridgehead atoms. The number of ether oxygens (including phenoxy) is 1. The second-order valence-corrected chi connectivity index (χ2v) is 11.5. The number of hydrogen-bond acceptors (Lipinski definition) is 4. The lowest BCUT2D eigenvalue weighted by Crippen LogP contribution is -2.41. The summed E-state index contributed by atoms with van der Waals surface area (Å²) in [6.45, 7) is 14.2. The van der Waals surface area contributed by atoms with Crippen LogP contribution in [0.15, 0.2) is 6.20 Å². The van der Waals surface area contributed by atoms with Gasteiger partial charge in [0.2, 0.25) is 0 Å². The van der Waals surface area contributed by atoms with Gasteiger partial charge in [-0.1, -0.05) is 20.8 Å². The predicted octanol–water partition coefficient (Wildman–Crippen LogP) is 3.75. The van der Waals surface area contributed by atoms with Gasteiger partial charge in [0.15, 0.2) is 8.32 Å². The first-order chi connectivity index (χ1) is 9.17. The summed E-state index contributed by atoms with van der Waals surface area (Å²) in [4.78, 5) is 8.45. The minimum absolute atomic E-state index is 0.270. The van der Waals surface area contributed by atoms with E-state index in [1.807, 2.05) is 13.1 Å². The lowest BCUT2D eigenvalue weighted by molar-refractivity contribution is 0.282. The molecule has 5 heteroatoms. The van der Waals surface area contributed by atoms with E-state index in [-0.39, 0.29) is 5.04 Å². The van der Waals surface area contributed by atoms with Crippen LogP contribution >= 0.6 is 0 Å². The Morgan fingerprint density at radius 3 is 2.40 bits per heavy atom. The minimum Gasteiger partial charge on any atom is -0.467 e. The predicted molar refractivity (Wildman–Crippen MR) is 84.8 cm³/mol. The Morgan fingerprint density at radius 2 is 1.90 bits per heavy atom. The van der Waals surface area contributed by atoms with Crippen molar-refractivity contribution in [3.63, 3.8) is 0 Å². The third kappa shape index (κ3) is 4.56. The summed E-state index contributed by atoms with van der Waals surface area (Å²) in [5, 5.41) is 0.270. The first-order valence-electron chi connectivity index (χ1n) is 7.18. The summed E-state index contributed by atoms with van der Waals surface area (Å²) < 4.78 is 11.2. The zero-order valence-electron chi connectivity index (χ0n) is 13.9. The fourth-order valence-electron chi connectivity index (χ4n) is 1.62. The zero-order valence-corrected chi connectivity index (χ0v) is 14.9. The molecule has 0 aliphatic rings. The van der Waals surface area contributed by atoms with Crippen molar-refractivity contribution in [3.05, 3.63) is 17.5 Å². The average molecular weight is 296 g/mol. The summed E-state index contributed by atoms with van der Waals surface area (Å²) >= 11 is 0. The molecule has 0 atom stereocenters. The first-order valence-corrected chi connectivity index (χ1v) is 10.1. The molecule has 0 aliphatic heterocycles. The first kappa shape index (κ1) is 17.1. The molecule has 0 radical (unpaired) electrons. The van der Waals surface area contributed by atoms with Gasteiger partial charge in [-0.25, -0.2) is 9.97 Å².